The summed E-state index contributed by atoms with van der Waals surface area (Å²) in [4.78, 5) is 11.9. The van der Waals surface area contributed by atoms with E-state index in [0.29, 0.717) is 5.92 Å². The zero-order valence-corrected chi connectivity index (χ0v) is 11.7. The summed E-state index contributed by atoms with van der Waals surface area (Å²) in [7, 11) is 0. The van der Waals surface area contributed by atoms with Crippen molar-refractivity contribution in [2.75, 3.05) is 19.6 Å². The first kappa shape index (κ1) is 14.8. The fraction of sp³-hybridized carbons (Fsp3) is 0.923. The molecule has 0 spiro atoms. The topological polar surface area (TPSA) is 41.1 Å². The molecule has 3 nitrogen and oxygen atoms in total. The van der Waals surface area contributed by atoms with E-state index < -0.39 is 0 Å². The largest absolute Gasteiger partial charge is 0.355 e. The van der Waals surface area contributed by atoms with Crippen LogP contribution in [0.25, 0.3) is 0 Å². The van der Waals surface area contributed by atoms with Crippen molar-refractivity contribution in [3.8, 4) is 0 Å². The molecule has 0 aromatic heterocycles. The normalized spacial score (nSPS) is 30.2. The molecule has 1 saturated carbocycles. The van der Waals surface area contributed by atoms with Crippen LogP contribution in [0.15, 0.2) is 0 Å². The van der Waals surface area contributed by atoms with Crippen LogP contribution in [0.5, 0.6) is 0 Å². The number of carbonyl (C=O) groups excluding carboxylic acids is 1. The highest BCUT2D eigenvalue weighted by Crippen LogP contribution is 2.36. The predicted molar refractivity (Wildman–Crippen MR) is 72.4 cm³/mol. The van der Waals surface area contributed by atoms with Crippen molar-refractivity contribution in [1.82, 2.24) is 10.6 Å². The van der Waals surface area contributed by atoms with Gasteiger partial charge in [-0.2, -0.15) is 0 Å². The van der Waals surface area contributed by atoms with Gasteiger partial charge in [-0.05, 0) is 43.6 Å². The summed E-state index contributed by atoms with van der Waals surface area (Å²) in [6.07, 6.45) is 4.93. The summed E-state index contributed by atoms with van der Waals surface area (Å²) in [5.41, 5.74) is 0.261. The maximum Gasteiger partial charge on any atom is 0.223 e. The molecular weight excluding hydrogens is 236 g/mol. The Morgan fingerprint density at radius 1 is 1.53 bits per heavy atom. The number of nitrogens with one attached hydrogen (secondary N) is 2. The summed E-state index contributed by atoms with van der Waals surface area (Å²) < 4.78 is 0. The Hall–Kier alpha value is -0.280. The molecule has 2 N–H and O–H groups in total. The fourth-order valence-electron chi connectivity index (χ4n) is 2.54. The van der Waals surface area contributed by atoms with Crippen LogP contribution in [0.4, 0.5) is 0 Å². The Morgan fingerprint density at radius 2 is 2.24 bits per heavy atom. The lowest BCUT2D eigenvalue weighted by Crippen LogP contribution is -2.46. The highest BCUT2D eigenvalue weighted by Gasteiger charge is 2.34. The molecule has 1 heterocycles. The highest BCUT2D eigenvalue weighted by molar-refractivity contribution is 5.85. The van der Waals surface area contributed by atoms with Crippen LogP contribution in [-0.2, 0) is 4.79 Å². The molecule has 100 valence electrons. The van der Waals surface area contributed by atoms with Crippen molar-refractivity contribution in [2.24, 2.45) is 17.3 Å². The minimum Gasteiger partial charge on any atom is -0.355 e. The molecule has 1 aliphatic heterocycles. The maximum atomic E-state index is 11.9. The van der Waals surface area contributed by atoms with Crippen molar-refractivity contribution < 1.29 is 4.79 Å². The van der Waals surface area contributed by atoms with E-state index in [1.807, 2.05) is 0 Å². The first-order valence-corrected chi connectivity index (χ1v) is 6.59. The number of piperidine rings is 1. The van der Waals surface area contributed by atoms with Crippen molar-refractivity contribution in [3.63, 3.8) is 0 Å². The summed E-state index contributed by atoms with van der Waals surface area (Å²) in [6, 6.07) is 0. The van der Waals surface area contributed by atoms with E-state index >= 15 is 0 Å². The molecule has 2 unspecified atom stereocenters. The van der Waals surface area contributed by atoms with Crippen LogP contribution in [0.3, 0.4) is 0 Å². The van der Waals surface area contributed by atoms with E-state index in [1.165, 1.54) is 25.7 Å². The molecule has 2 aliphatic rings. The Kier molecular flexibility index (Phi) is 5.26. The average molecular weight is 261 g/mol. The molecule has 1 amide bonds. The Morgan fingerprint density at radius 3 is 2.76 bits per heavy atom. The molecule has 0 aromatic rings. The molecular formula is C13H25ClN2O. The van der Waals surface area contributed by atoms with Crippen LogP contribution in [0.2, 0.25) is 0 Å². The molecule has 4 heteroatoms. The van der Waals surface area contributed by atoms with Gasteiger partial charge in [-0.1, -0.05) is 13.8 Å². The van der Waals surface area contributed by atoms with Gasteiger partial charge in [-0.25, -0.2) is 0 Å². The zero-order chi connectivity index (χ0) is 11.6. The van der Waals surface area contributed by atoms with Crippen LogP contribution in [-0.4, -0.2) is 25.5 Å². The van der Waals surface area contributed by atoms with Gasteiger partial charge in [0.05, 0.1) is 0 Å². The quantitative estimate of drug-likeness (QED) is 0.811. The van der Waals surface area contributed by atoms with Crippen molar-refractivity contribution in [1.29, 1.82) is 0 Å². The van der Waals surface area contributed by atoms with Gasteiger partial charge in [-0.3, -0.25) is 4.79 Å². The van der Waals surface area contributed by atoms with E-state index in [-0.39, 0.29) is 29.6 Å². The van der Waals surface area contributed by atoms with Gasteiger partial charge < -0.3 is 10.6 Å². The maximum absolute atomic E-state index is 11.9. The molecule has 0 bridgehead atoms. The standard InChI is InChI=1S/C13H24N2O.ClH/c1-10(11-4-5-11)12(16)15-9-13(2)6-3-7-14-8-13;/h10-11,14H,3-9H2,1-2H3,(H,15,16);1H. The van der Waals surface area contributed by atoms with Gasteiger partial charge >= 0.3 is 0 Å². The van der Waals surface area contributed by atoms with Crippen LogP contribution >= 0.6 is 12.4 Å². The van der Waals surface area contributed by atoms with E-state index in [0.717, 1.165) is 19.6 Å². The minimum atomic E-state index is 0. The second-order valence-corrected chi connectivity index (χ2v) is 5.93. The smallest absolute Gasteiger partial charge is 0.223 e. The number of halogens is 1. The molecule has 0 aromatic carbocycles. The lowest BCUT2D eigenvalue weighted by atomic mass is 9.82. The van der Waals surface area contributed by atoms with Gasteiger partial charge in [0.25, 0.3) is 0 Å². The SMILES string of the molecule is CC(C(=O)NCC1(C)CCCNC1)C1CC1.Cl. The van der Waals surface area contributed by atoms with Gasteiger partial charge in [0.2, 0.25) is 5.91 Å². The van der Waals surface area contributed by atoms with Gasteiger partial charge in [0, 0.05) is 19.0 Å². The van der Waals surface area contributed by atoms with Crippen molar-refractivity contribution in [3.05, 3.63) is 0 Å². The summed E-state index contributed by atoms with van der Waals surface area (Å²) in [5, 5.41) is 6.55. The molecule has 17 heavy (non-hydrogen) atoms. The van der Waals surface area contributed by atoms with E-state index in [9.17, 15) is 4.79 Å². The first-order valence-electron chi connectivity index (χ1n) is 6.59. The van der Waals surface area contributed by atoms with Gasteiger partial charge in [0.15, 0.2) is 0 Å². The molecule has 2 atom stereocenters. The molecule has 1 aliphatic carbocycles. The van der Waals surface area contributed by atoms with Crippen molar-refractivity contribution >= 4 is 18.3 Å². The predicted octanol–water partition coefficient (Wildman–Crippen LogP) is 1.96. The molecule has 2 fully saturated rings. The minimum absolute atomic E-state index is 0. The number of rotatable bonds is 4. The number of hydrogen-bond donors (Lipinski definition) is 2. The molecule has 0 radical (unpaired) electrons. The second-order valence-electron chi connectivity index (χ2n) is 5.93. The van der Waals surface area contributed by atoms with Crippen molar-refractivity contribution in [2.45, 2.75) is 39.5 Å². The summed E-state index contributed by atoms with van der Waals surface area (Å²) in [6.45, 7) is 7.32. The Labute approximate surface area is 111 Å². The van der Waals surface area contributed by atoms with Crippen LogP contribution in [0.1, 0.15) is 39.5 Å². The number of hydrogen-bond acceptors (Lipinski definition) is 2. The average Bonchev–Trinajstić information content (AvgIpc) is 3.10. The number of amides is 1. The van der Waals surface area contributed by atoms with E-state index in [1.54, 1.807) is 0 Å². The third-order valence-electron chi connectivity index (χ3n) is 4.12. The molecule has 2 rings (SSSR count). The van der Waals surface area contributed by atoms with Crippen LogP contribution < -0.4 is 10.6 Å². The lowest BCUT2D eigenvalue weighted by Gasteiger charge is -2.34. The monoisotopic (exact) mass is 260 g/mol. The summed E-state index contributed by atoms with van der Waals surface area (Å²) in [5.74, 6) is 1.15. The molecule has 1 saturated heterocycles. The third kappa shape index (κ3) is 4.14. The van der Waals surface area contributed by atoms with E-state index in [4.69, 9.17) is 0 Å². The number of carbonyl (C=O) groups is 1. The van der Waals surface area contributed by atoms with Gasteiger partial charge in [-0.15, -0.1) is 12.4 Å². The first-order chi connectivity index (χ1) is 7.61. The Balaban J connectivity index is 0.00000144. The van der Waals surface area contributed by atoms with Gasteiger partial charge in [0.1, 0.15) is 0 Å². The lowest BCUT2D eigenvalue weighted by molar-refractivity contribution is -0.125. The fourth-order valence-corrected chi connectivity index (χ4v) is 2.54. The second kappa shape index (κ2) is 6.05. The highest BCUT2D eigenvalue weighted by atomic mass is 35.5. The van der Waals surface area contributed by atoms with E-state index in [2.05, 4.69) is 24.5 Å². The summed E-state index contributed by atoms with van der Waals surface area (Å²) >= 11 is 0. The zero-order valence-electron chi connectivity index (χ0n) is 10.9. The third-order valence-corrected chi connectivity index (χ3v) is 4.12. The Bertz CT molecular complexity index is 260. The van der Waals surface area contributed by atoms with Crippen LogP contribution in [0, 0.1) is 17.3 Å².